The minimum atomic E-state index is -0.340. The molecule has 1 aliphatic heterocycles. The Morgan fingerprint density at radius 3 is 3.05 bits per heavy atom. The van der Waals surface area contributed by atoms with E-state index in [-0.39, 0.29) is 18.6 Å². The molecule has 4 nitrogen and oxygen atoms in total. The highest BCUT2D eigenvalue weighted by Crippen LogP contribution is 2.17. The summed E-state index contributed by atoms with van der Waals surface area (Å²) in [5, 5.41) is 11.5. The standard InChI is InChI=1S/C15H17NO3/c1-11-8-12(4-2-6-17)10-13(9-11)16-15(18)14-5-3-7-19-14/h8-10,14,17H,3,5-7H2,1H3,(H,16,18). The Morgan fingerprint density at radius 1 is 1.53 bits per heavy atom. The van der Waals surface area contributed by atoms with Crippen LogP contribution in [0.25, 0.3) is 0 Å². The van der Waals surface area contributed by atoms with Gasteiger partial charge in [0.1, 0.15) is 12.7 Å². The van der Waals surface area contributed by atoms with Gasteiger partial charge in [-0.05, 0) is 43.5 Å². The molecule has 0 saturated carbocycles. The summed E-state index contributed by atoms with van der Waals surface area (Å²) in [5.41, 5.74) is 2.49. The van der Waals surface area contributed by atoms with Crippen LogP contribution in [0.3, 0.4) is 0 Å². The Labute approximate surface area is 112 Å². The zero-order chi connectivity index (χ0) is 13.7. The van der Waals surface area contributed by atoms with Gasteiger partial charge in [-0.2, -0.15) is 0 Å². The first-order chi connectivity index (χ1) is 9.19. The van der Waals surface area contributed by atoms with Crippen LogP contribution in [0.1, 0.15) is 24.0 Å². The van der Waals surface area contributed by atoms with Gasteiger partial charge in [0.15, 0.2) is 0 Å². The smallest absolute Gasteiger partial charge is 0.253 e. The average Bonchev–Trinajstić information content (AvgIpc) is 2.89. The molecular formula is C15H17NO3. The number of rotatable bonds is 2. The minimum Gasteiger partial charge on any atom is -0.384 e. The fourth-order valence-electron chi connectivity index (χ4n) is 2.08. The van der Waals surface area contributed by atoms with Crippen molar-refractivity contribution in [2.75, 3.05) is 18.5 Å². The number of amides is 1. The second-order valence-corrected chi connectivity index (χ2v) is 4.54. The van der Waals surface area contributed by atoms with E-state index in [1.807, 2.05) is 19.1 Å². The Kier molecular flexibility index (Phi) is 4.56. The molecule has 1 aromatic rings. The lowest BCUT2D eigenvalue weighted by atomic mass is 10.1. The van der Waals surface area contributed by atoms with Crippen LogP contribution in [0.15, 0.2) is 18.2 Å². The van der Waals surface area contributed by atoms with Gasteiger partial charge in [-0.15, -0.1) is 0 Å². The highest BCUT2D eigenvalue weighted by atomic mass is 16.5. The third-order valence-corrected chi connectivity index (χ3v) is 2.88. The Hall–Kier alpha value is -1.83. The summed E-state index contributed by atoms with van der Waals surface area (Å²) in [4.78, 5) is 11.9. The lowest BCUT2D eigenvalue weighted by molar-refractivity contribution is -0.124. The van der Waals surface area contributed by atoms with Gasteiger partial charge in [0.25, 0.3) is 5.91 Å². The summed E-state index contributed by atoms with van der Waals surface area (Å²) in [6.45, 7) is 2.41. The number of hydrogen-bond donors (Lipinski definition) is 2. The number of aliphatic hydroxyl groups excluding tert-OH is 1. The summed E-state index contributed by atoms with van der Waals surface area (Å²) < 4.78 is 5.34. The molecule has 1 aromatic carbocycles. The molecule has 1 saturated heterocycles. The molecule has 0 aromatic heterocycles. The minimum absolute atomic E-state index is 0.107. The number of anilines is 1. The highest BCUT2D eigenvalue weighted by molar-refractivity contribution is 5.94. The third kappa shape index (κ3) is 3.82. The first-order valence-electron chi connectivity index (χ1n) is 6.33. The first-order valence-corrected chi connectivity index (χ1v) is 6.33. The molecule has 1 heterocycles. The van der Waals surface area contributed by atoms with Crippen LogP contribution >= 0.6 is 0 Å². The predicted octanol–water partition coefficient (Wildman–Crippen LogP) is 1.46. The van der Waals surface area contributed by atoms with Crippen molar-refractivity contribution in [2.24, 2.45) is 0 Å². The molecule has 0 spiro atoms. The van der Waals surface area contributed by atoms with E-state index in [0.29, 0.717) is 12.3 Å². The second-order valence-electron chi connectivity index (χ2n) is 4.54. The van der Waals surface area contributed by atoms with Gasteiger partial charge in [0.2, 0.25) is 0 Å². The lowest BCUT2D eigenvalue weighted by Crippen LogP contribution is -2.26. The normalized spacial score (nSPS) is 17.7. The molecule has 19 heavy (non-hydrogen) atoms. The Bertz CT molecular complexity index is 522. The maximum Gasteiger partial charge on any atom is 0.253 e. The summed E-state index contributed by atoms with van der Waals surface area (Å²) in [5.74, 6) is 5.32. The highest BCUT2D eigenvalue weighted by Gasteiger charge is 2.23. The van der Waals surface area contributed by atoms with Gasteiger partial charge in [0, 0.05) is 17.9 Å². The number of benzene rings is 1. The van der Waals surface area contributed by atoms with E-state index in [2.05, 4.69) is 17.2 Å². The number of hydrogen-bond acceptors (Lipinski definition) is 3. The summed E-state index contributed by atoms with van der Waals surface area (Å²) >= 11 is 0. The quantitative estimate of drug-likeness (QED) is 0.790. The summed E-state index contributed by atoms with van der Waals surface area (Å²) in [6, 6.07) is 5.59. The van der Waals surface area contributed by atoms with E-state index >= 15 is 0 Å². The summed E-state index contributed by atoms with van der Waals surface area (Å²) in [7, 11) is 0. The molecule has 0 radical (unpaired) electrons. The molecular weight excluding hydrogens is 242 g/mol. The van der Waals surface area contributed by atoms with E-state index in [1.54, 1.807) is 6.07 Å². The molecule has 2 rings (SSSR count). The molecule has 100 valence electrons. The molecule has 1 atom stereocenters. The molecule has 4 heteroatoms. The van der Waals surface area contributed by atoms with Gasteiger partial charge in [-0.25, -0.2) is 0 Å². The van der Waals surface area contributed by atoms with Gasteiger partial charge in [-0.3, -0.25) is 4.79 Å². The van der Waals surface area contributed by atoms with E-state index < -0.39 is 0 Å². The van der Waals surface area contributed by atoms with Crippen LogP contribution < -0.4 is 5.32 Å². The predicted molar refractivity (Wildman–Crippen MR) is 72.7 cm³/mol. The molecule has 1 fully saturated rings. The second kappa shape index (κ2) is 6.37. The zero-order valence-electron chi connectivity index (χ0n) is 10.9. The molecule has 1 unspecified atom stereocenters. The fourth-order valence-corrected chi connectivity index (χ4v) is 2.08. The average molecular weight is 259 g/mol. The first kappa shape index (κ1) is 13.6. The molecule has 0 bridgehead atoms. The van der Waals surface area contributed by atoms with Crippen molar-refractivity contribution in [3.05, 3.63) is 29.3 Å². The van der Waals surface area contributed by atoms with Gasteiger partial charge >= 0.3 is 0 Å². The van der Waals surface area contributed by atoms with Crippen LogP contribution in [0.4, 0.5) is 5.69 Å². The van der Waals surface area contributed by atoms with Crippen molar-refractivity contribution >= 4 is 11.6 Å². The Morgan fingerprint density at radius 2 is 2.37 bits per heavy atom. The number of aliphatic hydroxyl groups is 1. The van der Waals surface area contributed by atoms with Crippen LogP contribution in [-0.4, -0.2) is 30.3 Å². The number of aryl methyl sites for hydroxylation is 1. The lowest BCUT2D eigenvalue weighted by Gasteiger charge is -2.11. The van der Waals surface area contributed by atoms with Crippen molar-refractivity contribution in [3.63, 3.8) is 0 Å². The van der Waals surface area contributed by atoms with Crippen LogP contribution in [0.5, 0.6) is 0 Å². The van der Waals surface area contributed by atoms with E-state index in [1.165, 1.54) is 0 Å². The number of carbonyl (C=O) groups excluding carboxylic acids is 1. The molecule has 0 aliphatic carbocycles. The van der Waals surface area contributed by atoms with Crippen LogP contribution in [0.2, 0.25) is 0 Å². The molecule has 1 aliphatic rings. The maximum absolute atomic E-state index is 11.9. The van der Waals surface area contributed by atoms with Crippen molar-refractivity contribution in [2.45, 2.75) is 25.9 Å². The van der Waals surface area contributed by atoms with Gasteiger partial charge in [-0.1, -0.05) is 11.8 Å². The monoisotopic (exact) mass is 259 g/mol. The topological polar surface area (TPSA) is 58.6 Å². The van der Waals surface area contributed by atoms with Crippen LogP contribution in [-0.2, 0) is 9.53 Å². The maximum atomic E-state index is 11.9. The molecule has 1 amide bonds. The largest absolute Gasteiger partial charge is 0.384 e. The third-order valence-electron chi connectivity index (χ3n) is 2.88. The van der Waals surface area contributed by atoms with E-state index in [4.69, 9.17) is 9.84 Å². The number of carbonyl (C=O) groups is 1. The Balaban J connectivity index is 2.10. The SMILES string of the molecule is Cc1cc(C#CCO)cc(NC(=O)C2CCCO2)c1. The van der Waals surface area contributed by atoms with Crippen molar-refractivity contribution < 1.29 is 14.6 Å². The van der Waals surface area contributed by atoms with E-state index in [9.17, 15) is 4.79 Å². The zero-order valence-corrected chi connectivity index (χ0v) is 10.9. The van der Waals surface area contributed by atoms with Crippen molar-refractivity contribution in [3.8, 4) is 11.8 Å². The van der Waals surface area contributed by atoms with Gasteiger partial charge in [0.05, 0.1) is 0 Å². The summed E-state index contributed by atoms with van der Waals surface area (Å²) in [6.07, 6.45) is 1.36. The fraction of sp³-hybridized carbons (Fsp3) is 0.400. The van der Waals surface area contributed by atoms with Crippen molar-refractivity contribution in [1.82, 2.24) is 0 Å². The number of ether oxygens (including phenoxy) is 1. The van der Waals surface area contributed by atoms with Crippen LogP contribution in [0, 0.1) is 18.8 Å². The molecule has 2 N–H and O–H groups in total. The van der Waals surface area contributed by atoms with Crippen molar-refractivity contribution in [1.29, 1.82) is 0 Å². The van der Waals surface area contributed by atoms with Gasteiger partial charge < -0.3 is 15.2 Å². The number of nitrogens with one attached hydrogen (secondary N) is 1. The van der Waals surface area contributed by atoms with E-state index in [0.717, 1.165) is 24.0 Å².